The summed E-state index contributed by atoms with van der Waals surface area (Å²) in [6.07, 6.45) is 0. The number of carboxylic acids is 1. The van der Waals surface area contributed by atoms with Crippen LogP contribution in [0.25, 0.3) is 0 Å². The molecule has 0 spiro atoms. The zero-order chi connectivity index (χ0) is 24.3. The molecule has 0 saturated heterocycles. The number of aryl methyl sites for hydroxylation is 2. The summed E-state index contributed by atoms with van der Waals surface area (Å²) < 4.78 is 41.0. The Bertz CT molecular complexity index is 1320. The van der Waals surface area contributed by atoms with Crippen LogP contribution in [-0.4, -0.2) is 30.5 Å². The van der Waals surface area contributed by atoms with Crippen molar-refractivity contribution < 1.29 is 32.6 Å². The van der Waals surface area contributed by atoms with Crippen LogP contribution in [0.15, 0.2) is 69.3 Å². The van der Waals surface area contributed by atoms with Crippen LogP contribution in [-0.2, 0) is 19.6 Å². The van der Waals surface area contributed by atoms with Gasteiger partial charge in [0.25, 0.3) is 10.0 Å². The molecular formula is C22H19FN2O6S2. The Kier molecular flexibility index (Phi) is 6.94. The Morgan fingerprint density at radius 3 is 2.12 bits per heavy atom. The molecule has 0 radical (unpaired) electrons. The minimum atomic E-state index is -4.16. The van der Waals surface area contributed by atoms with E-state index >= 15 is 0 Å². The van der Waals surface area contributed by atoms with Crippen LogP contribution < -0.4 is 10.0 Å². The minimum absolute atomic E-state index is 0.138. The van der Waals surface area contributed by atoms with Gasteiger partial charge in [-0.1, -0.05) is 11.8 Å². The number of anilines is 2. The summed E-state index contributed by atoms with van der Waals surface area (Å²) in [4.78, 5) is 23.1. The summed E-state index contributed by atoms with van der Waals surface area (Å²) in [7, 11) is -4.16. The number of aromatic hydroxyl groups is 1. The average Bonchev–Trinajstić information content (AvgIpc) is 2.73. The van der Waals surface area contributed by atoms with E-state index in [1.165, 1.54) is 36.0 Å². The van der Waals surface area contributed by atoms with Gasteiger partial charge in [-0.25, -0.2) is 17.6 Å². The zero-order valence-electron chi connectivity index (χ0n) is 17.4. The van der Waals surface area contributed by atoms with Crippen molar-refractivity contribution in [3.8, 4) is 5.75 Å². The first kappa shape index (κ1) is 24.1. The molecule has 3 aromatic carbocycles. The van der Waals surface area contributed by atoms with E-state index in [0.717, 1.165) is 28.2 Å². The van der Waals surface area contributed by atoms with Gasteiger partial charge >= 0.3 is 11.9 Å². The fraction of sp³-hybridized carbons (Fsp3) is 0.0909. The number of aliphatic carboxylic acids is 1. The maximum atomic E-state index is 13.1. The van der Waals surface area contributed by atoms with Gasteiger partial charge in [-0.3, -0.25) is 9.52 Å². The third kappa shape index (κ3) is 5.82. The second-order valence-electron chi connectivity index (χ2n) is 7.04. The van der Waals surface area contributed by atoms with Crippen LogP contribution >= 0.6 is 11.8 Å². The molecule has 0 aliphatic rings. The van der Waals surface area contributed by atoms with Crippen LogP contribution in [0.3, 0.4) is 0 Å². The number of halogens is 1. The molecule has 4 N–H and O–H groups in total. The topological polar surface area (TPSA) is 133 Å². The van der Waals surface area contributed by atoms with Gasteiger partial charge in [0.1, 0.15) is 16.5 Å². The number of hydrogen-bond acceptors (Lipinski definition) is 6. The van der Waals surface area contributed by atoms with Crippen LogP contribution in [0.5, 0.6) is 5.75 Å². The largest absolute Gasteiger partial charge is 0.507 e. The number of sulfonamides is 1. The lowest BCUT2D eigenvalue weighted by Gasteiger charge is -2.14. The van der Waals surface area contributed by atoms with Crippen molar-refractivity contribution >= 4 is 45.0 Å². The predicted molar refractivity (Wildman–Crippen MR) is 122 cm³/mol. The summed E-state index contributed by atoms with van der Waals surface area (Å²) >= 11 is 1.24. The van der Waals surface area contributed by atoms with E-state index < -0.39 is 33.5 Å². The SMILES string of the molecule is Cc1cc(NC(=O)C(=O)O)cc(C)c1Sc1ccc(O)c(S(=O)(=O)Nc2ccc(F)cc2)c1. The molecule has 0 heterocycles. The fourth-order valence-corrected chi connectivity index (χ4v) is 5.23. The average molecular weight is 491 g/mol. The molecule has 1 amide bonds. The lowest BCUT2D eigenvalue weighted by atomic mass is 10.1. The number of carbonyl (C=O) groups excluding carboxylic acids is 1. The highest BCUT2D eigenvalue weighted by atomic mass is 32.2. The molecule has 3 rings (SSSR count). The molecule has 0 aromatic heterocycles. The number of carbonyl (C=O) groups is 2. The monoisotopic (exact) mass is 490 g/mol. The summed E-state index contributed by atoms with van der Waals surface area (Å²) in [5.74, 6) is -3.72. The molecule has 8 nitrogen and oxygen atoms in total. The highest BCUT2D eigenvalue weighted by Gasteiger charge is 2.21. The van der Waals surface area contributed by atoms with E-state index in [0.29, 0.717) is 10.6 Å². The highest BCUT2D eigenvalue weighted by Crippen LogP contribution is 2.37. The van der Waals surface area contributed by atoms with Gasteiger partial charge in [-0.15, -0.1) is 0 Å². The molecule has 0 bridgehead atoms. The zero-order valence-corrected chi connectivity index (χ0v) is 19.1. The Morgan fingerprint density at radius 2 is 1.55 bits per heavy atom. The Labute approximate surface area is 193 Å². The number of nitrogens with one attached hydrogen (secondary N) is 2. The number of amides is 1. The van der Waals surface area contributed by atoms with Crippen molar-refractivity contribution in [3.63, 3.8) is 0 Å². The van der Waals surface area contributed by atoms with Crippen LogP contribution in [0.4, 0.5) is 15.8 Å². The summed E-state index contributed by atoms with van der Waals surface area (Å²) in [5.41, 5.74) is 1.91. The summed E-state index contributed by atoms with van der Waals surface area (Å²) in [5, 5.41) is 21.2. The normalized spacial score (nSPS) is 11.1. The number of carboxylic acid groups (broad SMARTS) is 1. The van der Waals surface area contributed by atoms with E-state index in [4.69, 9.17) is 5.11 Å². The predicted octanol–water partition coefficient (Wildman–Crippen LogP) is 4.12. The molecule has 0 atom stereocenters. The van der Waals surface area contributed by atoms with Crippen LogP contribution in [0.1, 0.15) is 11.1 Å². The van der Waals surface area contributed by atoms with Crippen molar-refractivity contribution in [1.82, 2.24) is 0 Å². The molecule has 0 saturated carbocycles. The molecule has 0 aliphatic heterocycles. The number of benzene rings is 3. The van der Waals surface area contributed by atoms with E-state index in [2.05, 4.69) is 10.0 Å². The lowest BCUT2D eigenvalue weighted by molar-refractivity contribution is -0.147. The maximum Gasteiger partial charge on any atom is 0.394 e. The molecular weight excluding hydrogens is 471 g/mol. The van der Waals surface area contributed by atoms with Gasteiger partial charge in [0.15, 0.2) is 0 Å². The van der Waals surface area contributed by atoms with Gasteiger partial charge in [-0.2, -0.15) is 0 Å². The molecule has 0 fully saturated rings. The van der Waals surface area contributed by atoms with Crippen molar-refractivity contribution in [3.05, 3.63) is 71.5 Å². The molecule has 0 aliphatic carbocycles. The third-order valence-electron chi connectivity index (χ3n) is 4.45. The minimum Gasteiger partial charge on any atom is -0.507 e. The highest BCUT2D eigenvalue weighted by molar-refractivity contribution is 7.99. The number of rotatable bonds is 6. The number of phenols is 1. The van der Waals surface area contributed by atoms with Gasteiger partial charge in [0.2, 0.25) is 0 Å². The maximum absolute atomic E-state index is 13.1. The quantitative estimate of drug-likeness (QED) is 0.382. The fourth-order valence-electron chi connectivity index (χ4n) is 2.99. The van der Waals surface area contributed by atoms with Gasteiger partial charge < -0.3 is 15.5 Å². The molecule has 11 heteroatoms. The van der Waals surface area contributed by atoms with Crippen molar-refractivity contribution in [2.24, 2.45) is 0 Å². The smallest absolute Gasteiger partial charge is 0.394 e. The lowest BCUT2D eigenvalue weighted by Crippen LogP contribution is -2.21. The molecule has 0 unspecified atom stereocenters. The molecule has 3 aromatic rings. The van der Waals surface area contributed by atoms with Gasteiger partial charge in [-0.05, 0) is 79.6 Å². The van der Waals surface area contributed by atoms with Gasteiger partial charge in [0.05, 0.1) is 0 Å². The first-order chi connectivity index (χ1) is 15.5. The summed E-state index contributed by atoms with van der Waals surface area (Å²) in [6, 6.07) is 12.1. The first-order valence-corrected chi connectivity index (χ1v) is 11.7. The van der Waals surface area contributed by atoms with Crippen molar-refractivity contribution in [2.45, 2.75) is 28.5 Å². The second kappa shape index (κ2) is 9.51. The second-order valence-corrected chi connectivity index (χ2v) is 9.78. The van der Waals surface area contributed by atoms with E-state index in [1.54, 1.807) is 32.0 Å². The standard InChI is InChI=1S/C22H19FN2O6S2/c1-12-9-16(24-21(27)22(28)29)10-13(2)20(12)32-17-7-8-18(26)19(11-17)33(30,31)25-15-5-3-14(23)4-6-15/h3-11,25-26H,1-2H3,(H,24,27)(H,28,29). The van der Waals surface area contributed by atoms with E-state index in [9.17, 15) is 27.5 Å². The Morgan fingerprint density at radius 1 is 0.939 bits per heavy atom. The number of hydrogen-bond donors (Lipinski definition) is 4. The first-order valence-electron chi connectivity index (χ1n) is 9.41. The Hall–Kier alpha value is -3.57. The van der Waals surface area contributed by atoms with Crippen LogP contribution in [0.2, 0.25) is 0 Å². The summed E-state index contributed by atoms with van der Waals surface area (Å²) in [6.45, 7) is 3.53. The van der Waals surface area contributed by atoms with Crippen molar-refractivity contribution in [2.75, 3.05) is 10.0 Å². The van der Waals surface area contributed by atoms with Gasteiger partial charge in [0, 0.05) is 21.2 Å². The Balaban J connectivity index is 1.88. The van der Waals surface area contributed by atoms with E-state index in [-0.39, 0.29) is 10.6 Å². The molecule has 172 valence electrons. The van der Waals surface area contributed by atoms with Crippen molar-refractivity contribution in [1.29, 1.82) is 0 Å². The molecule has 33 heavy (non-hydrogen) atoms. The number of phenolic OH excluding ortho intramolecular Hbond substituents is 1. The third-order valence-corrected chi connectivity index (χ3v) is 7.20. The van der Waals surface area contributed by atoms with Crippen LogP contribution in [0, 0.1) is 19.7 Å². The van der Waals surface area contributed by atoms with E-state index in [1.807, 2.05) is 0 Å².